The molecule has 200 valence electrons. The smallest absolute Gasteiger partial charge is 0.391 e. The number of carbonyl (C=O) groups is 2. The molecule has 0 bridgehead atoms. The van der Waals surface area contributed by atoms with Crippen LogP contribution in [0.2, 0.25) is 0 Å². The van der Waals surface area contributed by atoms with Gasteiger partial charge in [-0.1, -0.05) is 18.6 Å². The number of hydrogen-bond acceptors (Lipinski definition) is 8. The van der Waals surface area contributed by atoms with Crippen molar-refractivity contribution in [1.29, 1.82) is 0 Å². The summed E-state index contributed by atoms with van der Waals surface area (Å²) in [6.45, 7) is 6.99. The number of hydrogen-bond donors (Lipinski definition) is 1. The van der Waals surface area contributed by atoms with Gasteiger partial charge in [0.2, 0.25) is 5.88 Å². The third-order valence-electron chi connectivity index (χ3n) is 7.01. The van der Waals surface area contributed by atoms with Crippen LogP contribution in [0.5, 0.6) is 5.88 Å². The number of ether oxygens (including phenoxy) is 1. The van der Waals surface area contributed by atoms with Crippen LogP contribution in [0.3, 0.4) is 0 Å². The monoisotopic (exact) mass is 534 g/mol. The fourth-order valence-corrected chi connectivity index (χ4v) is 5.40. The van der Waals surface area contributed by atoms with Gasteiger partial charge in [-0.15, -0.1) is 11.3 Å². The summed E-state index contributed by atoms with van der Waals surface area (Å²) < 4.78 is 5.46. The first kappa shape index (κ1) is 26.3. The first-order valence-corrected chi connectivity index (χ1v) is 14.2. The third-order valence-corrected chi connectivity index (χ3v) is 7.85. The summed E-state index contributed by atoms with van der Waals surface area (Å²) >= 11 is 1.67. The highest BCUT2D eigenvalue weighted by molar-refractivity contribution is 7.09. The molecule has 2 saturated heterocycles. The number of thiazole rings is 1. The van der Waals surface area contributed by atoms with Crippen LogP contribution in [-0.2, 0) is 13.0 Å². The summed E-state index contributed by atoms with van der Waals surface area (Å²) in [5, 5.41) is 5.99. The molecule has 5 rings (SSSR count). The van der Waals surface area contributed by atoms with Gasteiger partial charge in [-0.3, -0.25) is 14.6 Å². The van der Waals surface area contributed by atoms with Gasteiger partial charge < -0.3 is 15.0 Å². The van der Waals surface area contributed by atoms with Crippen molar-refractivity contribution in [1.82, 2.24) is 24.7 Å². The summed E-state index contributed by atoms with van der Waals surface area (Å²) in [4.78, 5) is 40.3. The summed E-state index contributed by atoms with van der Waals surface area (Å²) in [7, 11) is 0. The standard InChI is InChI=1S/C28H34N6O3S/c35-27(23-6-4-22(5-7-23)21-33-12-2-1-3-13-33)31-24-8-9-25(30-20-24)37-28(36)34-17-15-32(16-18-34)14-10-26-29-11-19-38-26/h4-9,11,19-20H,1-3,10,12-18,21H2,(H,31,35). The topological polar surface area (TPSA) is 90.9 Å². The zero-order valence-corrected chi connectivity index (χ0v) is 22.4. The minimum Gasteiger partial charge on any atom is -0.391 e. The molecule has 2 aliphatic rings. The molecular weight excluding hydrogens is 500 g/mol. The number of likely N-dealkylation sites (tertiary alicyclic amines) is 1. The Labute approximate surface area is 227 Å². The molecule has 0 radical (unpaired) electrons. The van der Waals surface area contributed by atoms with Crippen LogP contribution in [0.4, 0.5) is 10.5 Å². The van der Waals surface area contributed by atoms with E-state index in [9.17, 15) is 9.59 Å². The Balaban J connectivity index is 1.05. The van der Waals surface area contributed by atoms with Crippen molar-refractivity contribution < 1.29 is 14.3 Å². The van der Waals surface area contributed by atoms with Gasteiger partial charge in [0.05, 0.1) is 16.9 Å². The second-order valence-electron chi connectivity index (χ2n) is 9.75. The van der Waals surface area contributed by atoms with Crippen molar-refractivity contribution in [3.8, 4) is 5.88 Å². The highest BCUT2D eigenvalue weighted by Crippen LogP contribution is 2.17. The van der Waals surface area contributed by atoms with Gasteiger partial charge in [-0.25, -0.2) is 14.8 Å². The average molecular weight is 535 g/mol. The van der Waals surface area contributed by atoms with Crippen molar-refractivity contribution in [3.63, 3.8) is 0 Å². The molecule has 0 atom stereocenters. The van der Waals surface area contributed by atoms with Crippen LogP contribution in [0.25, 0.3) is 0 Å². The van der Waals surface area contributed by atoms with Crippen LogP contribution in [0.15, 0.2) is 54.2 Å². The van der Waals surface area contributed by atoms with E-state index in [4.69, 9.17) is 4.74 Å². The molecule has 0 aliphatic carbocycles. The Morgan fingerprint density at radius 1 is 0.895 bits per heavy atom. The maximum Gasteiger partial charge on any atom is 0.416 e. The van der Waals surface area contributed by atoms with Crippen molar-refractivity contribution in [2.75, 3.05) is 51.1 Å². The van der Waals surface area contributed by atoms with Crippen LogP contribution < -0.4 is 10.1 Å². The van der Waals surface area contributed by atoms with Crippen molar-refractivity contribution >= 4 is 29.0 Å². The van der Waals surface area contributed by atoms with Gasteiger partial charge in [0, 0.05) is 68.9 Å². The van der Waals surface area contributed by atoms with Gasteiger partial charge in [0.25, 0.3) is 5.91 Å². The van der Waals surface area contributed by atoms with Crippen molar-refractivity contribution in [2.45, 2.75) is 32.2 Å². The van der Waals surface area contributed by atoms with Gasteiger partial charge in [0.15, 0.2) is 0 Å². The number of nitrogens with zero attached hydrogens (tertiary/aromatic N) is 5. The highest BCUT2D eigenvalue weighted by atomic mass is 32.1. The molecule has 1 N–H and O–H groups in total. The maximum atomic E-state index is 12.7. The molecule has 38 heavy (non-hydrogen) atoms. The van der Waals surface area contributed by atoms with E-state index in [1.165, 1.54) is 31.0 Å². The zero-order chi connectivity index (χ0) is 26.2. The van der Waals surface area contributed by atoms with E-state index in [0.29, 0.717) is 24.3 Å². The Kier molecular flexibility index (Phi) is 8.95. The number of carbonyl (C=O) groups excluding carboxylic acids is 2. The fraction of sp³-hybridized carbons (Fsp3) is 0.429. The molecule has 0 unspecified atom stereocenters. The van der Waals surface area contributed by atoms with Gasteiger partial charge in [-0.05, 0) is 49.7 Å². The zero-order valence-electron chi connectivity index (χ0n) is 21.6. The minimum absolute atomic E-state index is 0.200. The normalized spacial score (nSPS) is 16.8. The second-order valence-corrected chi connectivity index (χ2v) is 10.7. The summed E-state index contributed by atoms with van der Waals surface area (Å²) in [5.41, 5.74) is 2.35. The maximum absolute atomic E-state index is 12.7. The third kappa shape index (κ3) is 7.37. The molecule has 0 spiro atoms. The van der Waals surface area contributed by atoms with E-state index in [1.807, 2.05) is 35.8 Å². The number of anilines is 1. The number of pyridine rings is 1. The molecule has 0 saturated carbocycles. The number of aromatic nitrogens is 2. The predicted molar refractivity (Wildman–Crippen MR) is 148 cm³/mol. The molecule has 2 amide bonds. The fourth-order valence-electron chi connectivity index (χ4n) is 4.79. The molecule has 2 aliphatic heterocycles. The quantitative estimate of drug-likeness (QED) is 0.465. The molecular formula is C28H34N6O3S. The molecule has 1 aromatic carbocycles. The Hall–Kier alpha value is -3.34. The van der Waals surface area contributed by atoms with E-state index < -0.39 is 6.09 Å². The van der Waals surface area contributed by atoms with Crippen LogP contribution >= 0.6 is 11.3 Å². The Morgan fingerprint density at radius 2 is 1.68 bits per heavy atom. The van der Waals surface area contributed by atoms with Crippen LogP contribution in [0.1, 0.15) is 40.2 Å². The van der Waals surface area contributed by atoms with Gasteiger partial charge in [0.1, 0.15) is 0 Å². The SMILES string of the molecule is O=C(Nc1ccc(OC(=O)N2CCN(CCc3nccs3)CC2)nc1)c1ccc(CN2CCCCC2)cc1. The lowest BCUT2D eigenvalue weighted by molar-refractivity contribution is 0.102. The Bertz CT molecular complexity index is 1170. The van der Waals surface area contributed by atoms with Gasteiger partial charge >= 0.3 is 6.09 Å². The van der Waals surface area contributed by atoms with Crippen molar-refractivity contribution in [2.24, 2.45) is 0 Å². The molecule has 4 heterocycles. The summed E-state index contributed by atoms with van der Waals surface area (Å²) in [6, 6.07) is 11.0. The highest BCUT2D eigenvalue weighted by Gasteiger charge is 2.23. The number of nitrogens with one attached hydrogen (secondary N) is 1. The number of piperazine rings is 1. The number of amides is 2. The minimum atomic E-state index is -0.404. The van der Waals surface area contributed by atoms with Crippen LogP contribution in [0, 0.1) is 0 Å². The molecule has 2 aromatic heterocycles. The summed E-state index contributed by atoms with van der Waals surface area (Å²) in [5.74, 6) is 0.00932. The number of rotatable bonds is 8. The number of benzene rings is 1. The lowest BCUT2D eigenvalue weighted by Crippen LogP contribution is -2.49. The molecule has 2 fully saturated rings. The lowest BCUT2D eigenvalue weighted by atomic mass is 10.1. The predicted octanol–water partition coefficient (Wildman–Crippen LogP) is 4.14. The van der Waals surface area contributed by atoms with E-state index in [0.717, 1.165) is 50.7 Å². The molecule has 3 aromatic rings. The van der Waals surface area contributed by atoms with Crippen LogP contribution in [-0.4, -0.2) is 82.5 Å². The molecule has 10 heteroatoms. The Morgan fingerprint density at radius 3 is 2.37 bits per heavy atom. The first-order chi connectivity index (χ1) is 18.6. The lowest BCUT2D eigenvalue weighted by Gasteiger charge is -2.33. The largest absolute Gasteiger partial charge is 0.416 e. The second kappa shape index (κ2) is 12.9. The number of piperidine rings is 1. The van der Waals surface area contributed by atoms with E-state index in [1.54, 1.807) is 28.4 Å². The summed E-state index contributed by atoms with van der Waals surface area (Å²) in [6.07, 6.45) is 7.70. The first-order valence-electron chi connectivity index (χ1n) is 13.3. The van der Waals surface area contributed by atoms with E-state index >= 15 is 0 Å². The average Bonchev–Trinajstić information content (AvgIpc) is 3.48. The van der Waals surface area contributed by atoms with E-state index in [2.05, 4.69) is 25.1 Å². The molecule has 9 nitrogen and oxygen atoms in total. The van der Waals surface area contributed by atoms with Gasteiger partial charge in [-0.2, -0.15) is 0 Å². The van der Waals surface area contributed by atoms with Crippen molar-refractivity contribution in [3.05, 3.63) is 70.3 Å². The van der Waals surface area contributed by atoms with E-state index in [-0.39, 0.29) is 11.8 Å².